The zero-order valence-corrected chi connectivity index (χ0v) is 13.8. The summed E-state index contributed by atoms with van der Waals surface area (Å²) in [6, 6.07) is 7.21. The molecule has 2 heterocycles. The van der Waals surface area contributed by atoms with Gasteiger partial charge in [0.2, 0.25) is 0 Å². The van der Waals surface area contributed by atoms with E-state index in [0.29, 0.717) is 22.1 Å². The molecule has 1 aliphatic rings. The fourth-order valence-electron chi connectivity index (χ4n) is 2.07. The Bertz CT molecular complexity index is 905. The first-order valence-electron chi connectivity index (χ1n) is 6.62. The maximum absolute atomic E-state index is 11.8. The maximum Gasteiger partial charge on any atom is 0.293 e. The third kappa shape index (κ3) is 2.93. The Kier molecular flexibility index (Phi) is 4.16. The van der Waals surface area contributed by atoms with Crippen LogP contribution in [-0.2, 0) is 4.79 Å². The van der Waals surface area contributed by atoms with E-state index in [1.807, 2.05) is 0 Å². The highest BCUT2D eigenvalue weighted by Gasteiger charge is 2.32. The number of nitro groups is 1. The average molecular weight is 365 g/mol. The van der Waals surface area contributed by atoms with Crippen molar-refractivity contribution in [1.29, 1.82) is 0 Å². The number of likely N-dealkylation sites (N-methyl/N-ethyl adjacent to an activating group) is 1. The van der Waals surface area contributed by atoms with E-state index in [-0.39, 0.29) is 15.8 Å². The Labute approximate surface area is 145 Å². The second-order valence-corrected chi connectivity index (χ2v) is 6.26. The first-order valence-corrected chi connectivity index (χ1v) is 7.82. The summed E-state index contributed by atoms with van der Waals surface area (Å²) in [7, 11) is 1.40. The van der Waals surface area contributed by atoms with E-state index in [1.54, 1.807) is 12.1 Å². The lowest BCUT2D eigenvalue weighted by Gasteiger charge is -2.01. The lowest BCUT2D eigenvalue weighted by atomic mass is 10.1. The molecule has 0 aliphatic carbocycles. The van der Waals surface area contributed by atoms with Crippen LogP contribution in [0.1, 0.15) is 5.76 Å². The summed E-state index contributed by atoms with van der Waals surface area (Å²) in [5, 5.41) is 10.8. The van der Waals surface area contributed by atoms with Crippen molar-refractivity contribution in [2.24, 2.45) is 0 Å². The summed E-state index contributed by atoms with van der Waals surface area (Å²) in [5.41, 5.74) is 0.258. The second-order valence-electron chi connectivity index (χ2n) is 4.86. The molecule has 7 nitrogen and oxygen atoms in total. The van der Waals surface area contributed by atoms with Gasteiger partial charge in [0.1, 0.15) is 11.5 Å². The molecular formula is C15H9ClN2O5S. The zero-order chi connectivity index (χ0) is 17.4. The van der Waals surface area contributed by atoms with Crippen molar-refractivity contribution >= 4 is 46.3 Å². The van der Waals surface area contributed by atoms with Crippen LogP contribution in [0.3, 0.4) is 0 Å². The van der Waals surface area contributed by atoms with Crippen molar-refractivity contribution < 1.29 is 18.9 Å². The molecule has 1 aromatic heterocycles. The van der Waals surface area contributed by atoms with Crippen LogP contribution in [0.15, 0.2) is 39.7 Å². The molecule has 24 heavy (non-hydrogen) atoms. The molecule has 122 valence electrons. The van der Waals surface area contributed by atoms with Crippen molar-refractivity contribution in [3.05, 3.63) is 56.1 Å². The van der Waals surface area contributed by atoms with Crippen LogP contribution in [0.4, 0.5) is 10.5 Å². The largest absolute Gasteiger partial charge is 0.457 e. The van der Waals surface area contributed by atoms with Crippen molar-refractivity contribution in [2.45, 2.75) is 0 Å². The van der Waals surface area contributed by atoms with E-state index in [4.69, 9.17) is 16.0 Å². The fourth-order valence-corrected chi connectivity index (χ4v) is 3.08. The van der Waals surface area contributed by atoms with Gasteiger partial charge in [0, 0.05) is 30.8 Å². The molecule has 1 fully saturated rings. The van der Waals surface area contributed by atoms with Gasteiger partial charge in [-0.15, -0.1) is 0 Å². The summed E-state index contributed by atoms with van der Waals surface area (Å²) >= 11 is 6.88. The number of amides is 2. The predicted octanol–water partition coefficient (Wildman–Crippen LogP) is 4.17. The molecule has 1 saturated heterocycles. The molecule has 1 aromatic carbocycles. The van der Waals surface area contributed by atoms with Crippen LogP contribution in [0.5, 0.6) is 0 Å². The Morgan fingerprint density at radius 1 is 1.29 bits per heavy atom. The molecule has 0 N–H and O–H groups in total. The highest BCUT2D eigenvalue weighted by molar-refractivity contribution is 8.18. The minimum absolute atomic E-state index is 0.112. The topological polar surface area (TPSA) is 93.7 Å². The van der Waals surface area contributed by atoms with Gasteiger partial charge in [0.05, 0.1) is 14.9 Å². The smallest absolute Gasteiger partial charge is 0.293 e. The van der Waals surface area contributed by atoms with Gasteiger partial charge in [-0.25, -0.2) is 0 Å². The van der Waals surface area contributed by atoms with Crippen molar-refractivity contribution in [2.75, 3.05) is 7.05 Å². The lowest BCUT2D eigenvalue weighted by molar-refractivity contribution is -0.384. The Morgan fingerprint density at radius 2 is 2.04 bits per heavy atom. The van der Waals surface area contributed by atoms with Crippen LogP contribution < -0.4 is 0 Å². The third-order valence-electron chi connectivity index (χ3n) is 3.31. The molecule has 2 amide bonds. The van der Waals surface area contributed by atoms with Crippen LogP contribution >= 0.6 is 23.4 Å². The van der Waals surface area contributed by atoms with Crippen molar-refractivity contribution in [3.63, 3.8) is 0 Å². The minimum Gasteiger partial charge on any atom is -0.457 e. The number of nitrogens with zero attached hydrogens (tertiary/aromatic N) is 2. The molecule has 0 atom stereocenters. The SMILES string of the molecule is CN1C(=O)S/C(=C\c2ccc(-c3cc([N+](=O)[O-])ccc3Cl)o2)C1=O. The number of carbonyl (C=O) groups is 2. The van der Waals surface area contributed by atoms with Gasteiger partial charge < -0.3 is 4.42 Å². The number of halogens is 1. The number of benzene rings is 1. The number of hydrogen-bond acceptors (Lipinski definition) is 6. The number of imide groups is 1. The van der Waals surface area contributed by atoms with E-state index in [9.17, 15) is 19.7 Å². The quantitative estimate of drug-likeness (QED) is 0.461. The molecule has 0 saturated carbocycles. The molecule has 9 heteroatoms. The Morgan fingerprint density at radius 3 is 2.67 bits per heavy atom. The Balaban J connectivity index is 1.95. The van der Waals surface area contributed by atoms with Gasteiger partial charge in [-0.3, -0.25) is 24.6 Å². The van der Waals surface area contributed by atoms with E-state index >= 15 is 0 Å². The first kappa shape index (κ1) is 16.3. The monoisotopic (exact) mass is 364 g/mol. The summed E-state index contributed by atoms with van der Waals surface area (Å²) in [4.78, 5) is 34.9. The number of non-ortho nitro benzene ring substituents is 1. The van der Waals surface area contributed by atoms with Gasteiger partial charge in [0.25, 0.3) is 16.8 Å². The van der Waals surface area contributed by atoms with E-state index in [2.05, 4.69) is 0 Å². The Hall–Kier alpha value is -2.58. The number of thioether (sulfide) groups is 1. The molecule has 0 spiro atoms. The van der Waals surface area contributed by atoms with Gasteiger partial charge in [0.15, 0.2) is 0 Å². The first-order chi connectivity index (χ1) is 11.4. The molecule has 1 aliphatic heterocycles. The minimum atomic E-state index is -0.527. The van der Waals surface area contributed by atoms with Gasteiger partial charge in [-0.1, -0.05) is 11.6 Å². The highest BCUT2D eigenvalue weighted by atomic mass is 35.5. The lowest BCUT2D eigenvalue weighted by Crippen LogP contribution is -2.22. The molecule has 0 bridgehead atoms. The summed E-state index contributed by atoms with van der Waals surface area (Å²) in [6.45, 7) is 0. The molecular weight excluding hydrogens is 356 g/mol. The van der Waals surface area contributed by atoms with Crippen LogP contribution in [-0.4, -0.2) is 28.0 Å². The van der Waals surface area contributed by atoms with Gasteiger partial charge in [-0.2, -0.15) is 0 Å². The molecule has 0 unspecified atom stereocenters. The van der Waals surface area contributed by atoms with Gasteiger partial charge in [-0.05, 0) is 30.0 Å². The number of carbonyl (C=O) groups excluding carboxylic acids is 2. The summed E-state index contributed by atoms with van der Waals surface area (Å²) in [5.74, 6) is 0.258. The third-order valence-corrected chi connectivity index (χ3v) is 4.60. The van der Waals surface area contributed by atoms with Crippen LogP contribution in [0, 0.1) is 10.1 Å². The normalized spacial score (nSPS) is 16.2. The highest BCUT2D eigenvalue weighted by Crippen LogP contribution is 2.35. The van der Waals surface area contributed by atoms with Crippen molar-refractivity contribution in [1.82, 2.24) is 4.90 Å². The fraction of sp³-hybridized carbons (Fsp3) is 0.0667. The molecule has 3 rings (SSSR count). The number of nitro benzene ring substituents is 1. The molecule has 0 radical (unpaired) electrons. The average Bonchev–Trinajstić information content (AvgIpc) is 3.09. The molecule has 2 aromatic rings. The summed E-state index contributed by atoms with van der Waals surface area (Å²) < 4.78 is 5.59. The summed E-state index contributed by atoms with van der Waals surface area (Å²) in [6.07, 6.45) is 1.45. The number of rotatable bonds is 3. The predicted molar refractivity (Wildman–Crippen MR) is 89.5 cm³/mol. The standard InChI is InChI=1S/C15H9ClN2O5S/c1-17-14(19)13(24-15(17)20)7-9-3-5-12(23-9)10-6-8(18(21)22)2-4-11(10)16/h2-7H,1H3/b13-7-. The number of furan rings is 1. The van der Waals surface area contributed by atoms with Crippen LogP contribution in [0.2, 0.25) is 5.02 Å². The van der Waals surface area contributed by atoms with E-state index in [0.717, 1.165) is 16.7 Å². The van der Waals surface area contributed by atoms with E-state index < -0.39 is 10.8 Å². The van der Waals surface area contributed by atoms with Crippen molar-refractivity contribution in [3.8, 4) is 11.3 Å². The zero-order valence-electron chi connectivity index (χ0n) is 12.2. The van der Waals surface area contributed by atoms with Gasteiger partial charge >= 0.3 is 0 Å². The maximum atomic E-state index is 11.8. The second kappa shape index (κ2) is 6.14. The number of hydrogen-bond donors (Lipinski definition) is 0. The van der Waals surface area contributed by atoms with E-state index in [1.165, 1.54) is 31.3 Å². The van der Waals surface area contributed by atoms with Crippen LogP contribution in [0.25, 0.3) is 17.4 Å².